The highest BCUT2D eigenvalue weighted by atomic mass is 32.2. The minimum atomic E-state index is -0.669. The van der Waals surface area contributed by atoms with E-state index in [0.717, 1.165) is 22.6 Å². The van der Waals surface area contributed by atoms with E-state index < -0.39 is 5.25 Å². The Labute approximate surface area is 223 Å². The van der Waals surface area contributed by atoms with E-state index in [1.807, 2.05) is 24.3 Å². The third-order valence-electron chi connectivity index (χ3n) is 6.26. The summed E-state index contributed by atoms with van der Waals surface area (Å²) >= 11 is 1.21. The van der Waals surface area contributed by atoms with Gasteiger partial charge in [0.05, 0.1) is 26.0 Å². The molecule has 0 aliphatic carbocycles. The van der Waals surface area contributed by atoms with Crippen molar-refractivity contribution in [1.82, 2.24) is 5.01 Å². The molecule has 38 heavy (non-hydrogen) atoms. The Balaban J connectivity index is 1.33. The maximum Gasteiger partial charge on any atom is 0.262 e. The van der Waals surface area contributed by atoms with Crippen molar-refractivity contribution >= 4 is 40.1 Å². The van der Waals surface area contributed by atoms with Gasteiger partial charge in [-0.1, -0.05) is 23.9 Å². The molecule has 2 heterocycles. The Morgan fingerprint density at radius 2 is 1.63 bits per heavy atom. The van der Waals surface area contributed by atoms with E-state index in [2.05, 4.69) is 10.3 Å². The number of hydrogen-bond acceptors (Lipinski definition) is 7. The molecule has 10 heteroatoms. The minimum absolute atomic E-state index is 0.0351. The van der Waals surface area contributed by atoms with Crippen LogP contribution in [0.15, 0.2) is 82.9 Å². The van der Waals surface area contributed by atoms with Gasteiger partial charge in [-0.05, 0) is 71.8 Å². The Morgan fingerprint density at radius 1 is 1.00 bits per heavy atom. The molecule has 2 atom stereocenters. The van der Waals surface area contributed by atoms with Gasteiger partial charge in [-0.2, -0.15) is 10.1 Å². The lowest BCUT2D eigenvalue weighted by Gasteiger charge is -2.23. The van der Waals surface area contributed by atoms with Crippen LogP contribution in [0.1, 0.15) is 30.0 Å². The van der Waals surface area contributed by atoms with Crippen molar-refractivity contribution < 1.29 is 23.5 Å². The summed E-state index contributed by atoms with van der Waals surface area (Å²) in [5.74, 6) is 0.396. The SMILES string of the molecule is COc1ccc(NC(=O)CC2SC(N3N=C(c4ccc(OC)cc4)CC3c3ccc(F)cc3)=NC2=O)cc1. The van der Waals surface area contributed by atoms with Crippen LogP contribution in [0.3, 0.4) is 0 Å². The van der Waals surface area contributed by atoms with E-state index >= 15 is 0 Å². The number of thioether (sulfide) groups is 1. The molecule has 2 aliphatic heterocycles. The molecular weight excluding hydrogens is 507 g/mol. The molecule has 0 aromatic heterocycles. The fraction of sp³-hybridized carbons (Fsp3) is 0.214. The van der Waals surface area contributed by atoms with Crippen LogP contribution in [0.25, 0.3) is 0 Å². The van der Waals surface area contributed by atoms with Crippen molar-refractivity contribution in [3.63, 3.8) is 0 Å². The second-order valence-corrected chi connectivity index (χ2v) is 9.88. The number of rotatable bonds is 7. The van der Waals surface area contributed by atoms with Crippen molar-refractivity contribution in [2.75, 3.05) is 19.5 Å². The van der Waals surface area contributed by atoms with Gasteiger partial charge in [-0.15, -0.1) is 0 Å². The molecule has 0 saturated heterocycles. The Kier molecular flexibility index (Phi) is 7.41. The molecule has 3 aromatic carbocycles. The second kappa shape index (κ2) is 11.1. The largest absolute Gasteiger partial charge is 0.497 e. The summed E-state index contributed by atoms with van der Waals surface area (Å²) in [5, 5.41) is 9.06. The number of hydrogen-bond donors (Lipinski definition) is 1. The third kappa shape index (κ3) is 5.55. The van der Waals surface area contributed by atoms with Gasteiger partial charge in [0.2, 0.25) is 5.91 Å². The predicted octanol–water partition coefficient (Wildman–Crippen LogP) is 5.02. The van der Waals surface area contributed by atoms with Crippen LogP contribution in [0.5, 0.6) is 11.5 Å². The number of aliphatic imine (C=N–C) groups is 1. The number of anilines is 1. The van der Waals surface area contributed by atoms with Crippen LogP contribution in [0.2, 0.25) is 0 Å². The normalized spacial score (nSPS) is 18.7. The number of nitrogens with one attached hydrogen (secondary N) is 1. The number of hydrazone groups is 1. The number of carbonyl (C=O) groups is 2. The first-order valence-corrected chi connectivity index (χ1v) is 12.8. The summed E-state index contributed by atoms with van der Waals surface area (Å²) in [6.07, 6.45) is 0.501. The van der Waals surface area contributed by atoms with Crippen molar-refractivity contribution in [3.8, 4) is 11.5 Å². The topological polar surface area (TPSA) is 92.6 Å². The smallest absolute Gasteiger partial charge is 0.262 e. The Hall–Kier alpha value is -4.18. The van der Waals surface area contributed by atoms with Crippen LogP contribution >= 0.6 is 11.8 Å². The quantitative estimate of drug-likeness (QED) is 0.459. The van der Waals surface area contributed by atoms with E-state index in [0.29, 0.717) is 23.0 Å². The fourth-order valence-corrected chi connectivity index (χ4v) is 5.31. The lowest BCUT2D eigenvalue weighted by atomic mass is 9.98. The van der Waals surface area contributed by atoms with Gasteiger partial charge in [-0.3, -0.25) is 9.59 Å². The lowest BCUT2D eigenvalue weighted by molar-refractivity contribution is -0.121. The predicted molar refractivity (Wildman–Crippen MR) is 145 cm³/mol. The molecular formula is C28H25FN4O4S. The highest BCUT2D eigenvalue weighted by Gasteiger charge is 2.39. The van der Waals surface area contributed by atoms with Crippen LogP contribution < -0.4 is 14.8 Å². The van der Waals surface area contributed by atoms with Crippen molar-refractivity contribution in [2.45, 2.75) is 24.1 Å². The van der Waals surface area contributed by atoms with Gasteiger partial charge in [-0.25, -0.2) is 9.40 Å². The Bertz CT molecular complexity index is 1390. The van der Waals surface area contributed by atoms with Crippen molar-refractivity contribution in [1.29, 1.82) is 0 Å². The van der Waals surface area contributed by atoms with Crippen molar-refractivity contribution in [2.24, 2.45) is 10.1 Å². The average molecular weight is 533 g/mol. The minimum Gasteiger partial charge on any atom is -0.497 e. The molecule has 0 spiro atoms. The standard InChI is InChI=1S/C28H25FN4O4S/c1-36-21-11-5-17(6-12-21)23-15-24(18-3-7-19(29)8-4-18)33(32-23)28-31-27(35)25(38-28)16-26(34)30-20-9-13-22(37-2)14-10-20/h3-14,24-25H,15-16H2,1-2H3,(H,30,34). The van der Waals surface area contributed by atoms with E-state index in [4.69, 9.17) is 14.6 Å². The summed E-state index contributed by atoms with van der Waals surface area (Å²) in [6, 6.07) is 20.5. The van der Waals surface area contributed by atoms with Crippen LogP contribution in [0, 0.1) is 5.82 Å². The number of amidine groups is 1. The maximum absolute atomic E-state index is 13.6. The third-order valence-corrected chi connectivity index (χ3v) is 7.40. The summed E-state index contributed by atoms with van der Waals surface area (Å²) in [6.45, 7) is 0. The number of methoxy groups -OCH3 is 2. The first-order chi connectivity index (χ1) is 18.4. The number of benzene rings is 3. The molecule has 2 unspecified atom stereocenters. The Morgan fingerprint density at radius 3 is 2.26 bits per heavy atom. The summed E-state index contributed by atoms with van der Waals surface area (Å²) < 4.78 is 24.0. The van der Waals surface area contributed by atoms with E-state index in [1.54, 1.807) is 55.6 Å². The first-order valence-electron chi connectivity index (χ1n) is 11.9. The average Bonchev–Trinajstić information content (AvgIpc) is 3.53. The fourth-order valence-electron chi connectivity index (χ4n) is 4.25. The van der Waals surface area contributed by atoms with E-state index in [9.17, 15) is 14.0 Å². The molecule has 0 bridgehead atoms. The van der Waals surface area contributed by atoms with Gasteiger partial charge < -0.3 is 14.8 Å². The molecule has 0 saturated carbocycles. The van der Waals surface area contributed by atoms with E-state index in [1.165, 1.54) is 23.9 Å². The molecule has 2 aliphatic rings. The lowest BCUT2D eigenvalue weighted by Crippen LogP contribution is -2.25. The molecule has 0 radical (unpaired) electrons. The molecule has 5 rings (SSSR count). The maximum atomic E-state index is 13.6. The molecule has 0 fully saturated rings. The highest BCUT2D eigenvalue weighted by molar-refractivity contribution is 8.15. The van der Waals surface area contributed by atoms with Crippen LogP contribution in [-0.4, -0.2) is 47.2 Å². The van der Waals surface area contributed by atoms with Gasteiger partial charge in [0.25, 0.3) is 5.91 Å². The number of carbonyl (C=O) groups excluding carboxylic acids is 2. The summed E-state index contributed by atoms with van der Waals surface area (Å²) in [7, 11) is 3.17. The van der Waals surface area contributed by atoms with Crippen LogP contribution in [0.4, 0.5) is 10.1 Å². The summed E-state index contributed by atoms with van der Waals surface area (Å²) in [5.41, 5.74) is 3.16. The zero-order valence-corrected chi connectivity index (χ0v) is 21.6. The van der Waals surface area contributed by atoms with Gasteiger partial charge in [0.1, 0.15) is 22.6 Å². The molecule has 2 amide bonds. The van der Waals surface area contributed by atoms with Crippen molar-refractivity contribution in [3.05, 3.63) is 89.7 Å². The highest BCUT2D eigenvalue weighted by Crippen LogP contribution is 2.38. The van der Waals surface area contributed by atoms with Crippen LogP contribution in [-0.2, 0) is 9.59 Å². The van der Waals surface area contributed by atoms with Gasteiger partial charge in [0, 0.05) is 18.5 Å². The van der Waals surface area contributed by atoms with Gasteiger partial charge >= 0.3 is 0 Å². The molecule has 194 valence electrons. The molecule has 3 aromatic rings. The first kappa shape index (κ1) is 25.5. The number of amides is 2. The zero-order chi connectivity index (χ0) is 26.6. The molecule has 1 N–H and O–H groups in total. The monoisotopic (exact) mass is 532 g/mol. The number of nitrogens with zero attached hydrogens (tertiary/aromatic N) is 3. The van der Waals surface area contributed by atoms with Gasteiger partial charge in [0.15, 0.2) is 5.17 Å². The van der Waals surface area contributed by atoms with E-state index in [-0.39, 0.29) is 30.1 Å². The zero-order valence-electron chi connectivity index (χ0n) is 20.8. The second-order valence-electron chi connectivity index (χ2n) is 8.71. The molecule has 8 nitrogen and oxygen atoms in total. The summed E-state index contributed by atoms with van der Waals surface area (Å²) in [4.78, 5) is 29.7. The number of ether oxygens (including phenoxy) is 2. The number of halogens is 1.